The molecule has 0 radical (unpaired) electrons. The molecule has 0 saturated heterocycles. The number of alkyl halides is 2. The third-order valence-electron chi connectivity index (χ3n) is 2.37. The van der Waals surface area contributed by atoms with E-state index in [4.69, 9.17) is 5.73 Å². The van der Waals surface area contributed by atoms with Gasteiger partial charge >= 0.3 is 6.61 Å². The standard InChI is InChI=1S/C13H13F2N3OS/c1-8-6-11(16)18-13(17-8)20-7-9-2-4-10(5-3-9)19-12(14)15/h2-6,12H,7H2,1H3,(H2,16,17,18). The van der Waals surface area contributed by atoms with Crippen LogP contribution in [0.5, 0.6) is 5.75 Å². The second-order valence-corrected chi connectivity index (χ2v) is 4.97. The summed E-state index contributed by atoms with van der Waals surface area (Å²) in [5, 5.41) is 0.593. The van der Waals surface area contributed by atoms with E-state index in [0.717, 1.165) is 11.3 Å². The molecule has 2 rings (SSSR count). The third-order valence-corrected chi connectivity index (χ3v) is 3.29. The van der Waals surface area contributed by atoms with Gasteiger partial charge < -0.3 is 10.5 Å². The summed E-state index contributed by atoms with van der Waals surface area (Å²) in [4.78, 5) is 8.37. The molecular weight excluding hydrogens is 284 g/mol. The number of nitrogens with two attached hydrogens (primary N) is 1. The van der Waals surface area contributed by atoms with Crippen molar-refractivity contribution in [3.63, 3.8) is 0 Å². The molecule has 106 valence electrons. The van der Waals surface area contributed by atoms with Crippen molar-refractivity contribution in [3.8, 4) is 5.75 Å². The molecule has 0 aliphatic rings. The Hall–Kier alpha value is -1.89. The van der Waals surface area contributed by atoms with E-state index in [0.29, 0.717) is 16.7 Å². The van der Waals surface area contributed by atoms with E-state index in [1.807, 2.05) is 6.92 Å². The highest BCUT2D eigenvalue weighted by molar-refractivity contribution is 7.98. The Kier molecular flexibility index (Phi) is 4.73. The van der Waals surface area contributed by atoms with Crippen molar-refractivity contribution in [2.75, 3.05) is 5.73 Å². The van der Waals surface area contributed by atoms with Crippen LogP contribution >= 0.6 is 11.8 Å². The van der Waals surface area contributed by atoms with Crippen LogP contribution in [0.15, 0.2) is 35.5 Å². The van der Waals surface area contributed by atoms with Crippen LogP contribution in [-0.2, 0) is 5.75 Å². The second kappa shape index (κ2) is 6.51. The molecule has 2 aromatic rings. The first kappa shape index (κ1) is 14.5. The number of halogens is 2. The first-order valence-electron chi connectivity index (χ1n) is 5.80. The SMILES string of the molecule is Cc1cc(N)nc(SCc2ccc(OC(F)F)cc2)n1. The number of ether oxygens (including phenoxy) is 1. The number of hydrogen-bond acceptors (Lipinski definition) is 5. The van der Waals surface area contributed by atoms with E-state index < -0.39 is 6.61 Å². The Morgan fingerprint density at radius 3 is 2.55 bits per heavy atom. The number of anilines is 1. The summed E-state index contributed by atoms with van der Waals surface area (Å²) in [5.41, 5.74) is 7.41. The van der Waals surface area contributed by atoms with Gasteiger partial charge in [-0.05, 0) is 24.6 Å². The minimum absolute atomic E-state index is 0.143. The number of benzene rings is 1. The minimum Gasteiger partial charge on any atom is -0.435 e. The van der Waals surface area contributed by atoms with Gasteiger partial charge in [-0.1, -0.05) is 23.9 Å². The van der Waals surface area contributed by atoms with Crippen molar-refractivity contribution in [2.24, 2.45) is 0 Å². The van der Waals surface area contributed by atoms with Crippen molar-refractivity contribution < 1.29 is 13.5 Å². The van der Waals surface area contributed by atoms with Gasteiger partial charge in [-0.2, -0.15) is 8.78 Å². The fourth-order valence-corrected chi connectivity index (χ4v) is 2.41. The molecule has 0 saturated carbocycles. The summed E-state index contributed by atoms with van der Waals surface area (Å²) in [6.45, 7) is -0.961. The molecule has 1 aromatic carbocycles. The van der Waals surface area contributed by atoms with Crippen LogP contribution in [0, 0.1) is 6.92 Å². The van der Waals surface area contributed by atoms with Gasteiger partial charge in [0.2, 0.25) is 0 Å². The van der Waals surface area contributed by atoms with Gasteiger partial charge in [0.05, 0.1) is 0 Å². The van der Waals surface area contributed by atoms with Crippen molar-refractivity contribution in [3.05, 3.63) is 41.6 Å². The third kappa shape index (κ3) is 4.34. The van der Waals surface area contributed by atoms with Crippen molar-refractivity contribution in [1.82, 2.24) is 9.97 Å². The normalized spacial score (nSPS) is 10.8. The average molecular weight is 297 g/mol. The number of nitrogens with zero attached hydrogens (tertiary/aromatic N) is 2. The Labute approximate surface area is 119 Å². The lowest BCUT2D eigenvalue weighted by Gasteiger charge is -2.06. The summed E-state index contributed by atoms with van der Waals surface area (Å²) in [7, 11) is 0. The summed E-state index contributed by atoms with van der Waals surface area (Å²) < 4.78 is 28.3. The van der Waals surface area contributed by atoms with Crippen LogP contribution in [0.25, 0.3) is 0 Å². The van der Waals surface area contributed by atoms with E-state index in [1.165, 1.54) is 23.9 Å². The van der Waals surface area contributed by atoms with Gasteiger partial charge in [0.25, 0.3) is 0 Å². The zero-order chi connectivity index (χ0) is 14.5. The van der Waals surface area contributed by atoms with Crippen LogP contribution in [-0.4, -0.2) is 16.6 Å². The van der Waals surface area contributed by atoms with Crippen LogP contribution < -0.4 is 10.5 Å². The minimum atomic E-state index is -2.81. The van der Waals surface area contributed by atoms with Crippen LogP contribution in [0.3, 0.4) is 0 Å². The van der Waals surface area contributed by atoms with Gasteiger partial charge in [-0.15, -0.1) is 0 Å². The predicted molar refractivity (Wildman–Crippen MR) is 73.8 cm³/mol. The van der Waals surface area contributed by atoms with Gasteiger partial charge in [-0.3, -0.25) is 0 Å². The van der Waals surface area contributed by atoms with Gasteiger partial charge in [-0.25, -0.2) is 9.97 Å². The quantitative estimate of drug-likeness (QED) is 0.678. The van der Waals surface area contributed by atoms with Gasteiger partial charge in [0.15, 0.2) is 5.16 Å². The van der Waals surface area contributed by atoms with Crippen molar-refractivity contribution in [1.29, 1.82) is 0 Å². The molecule has 4 nitrogen and oxygen atoms in total. The highest BCUT2D eigenvalue weighted by Crippen LogP contribution is 2.22. The smallest absolute Gasteiger partial charge is 0.387 e. The molecule has 7 heteroatoms. The Balaban J connectivity index is 1.96. The van der Waals surface area contributed by atoms with E-state index in [-0.39, 0.29) is 5.75 Å². The molecule has 0 aliphatic heterocycles. The molecule has 2 N–H and O–H groups in total. The number of thioether (sulfide) groups is 1. The second-order valence-electron chi connectivity index (χ2n) is 4.03. The number of rotatable bonds is 5. The number of hydrogen-bond donors (Lipinski definition) is 1. The van der Waals surface area contributed by atoms with E-state index >= 15 is 0 Å². The molecule has 0 atom stereocenters. The van der Waals surface area contributed by atoms with Crippen molar-refractivity contribution in [2.45, 2.75) is 24.4 Å². The maximum Gasteiger partial charge on any atom is 0.387 e. The molecule has 1 heterocycles. The zero-order valence-electron chi connectivity index (χ0n) is 10.7. The Morgan fingerprint density at radius 2 is 1.95 bits per heavy atom. The van der Waals surface area contributed by atoms with Crippen molar-refractivity contribution >= 4 is 17.6 Å². The zero-order valence-corrected chi connectivity index (χ0v) is 11.5. The van der Waals surface area contributed by atoms with Gasteiger partial charge in [0.1, 0.15) is 11.6 Å². The molecule has 0 aliphatic carbocycles. The summed E-state index contributed by atoms with van der Waals surface area (Å²) >= 11 is 1.43. The Morgan fingerprint density at radius 1 is 1.25 bits per heavy atom. The fraction of sp³-hybridized carbons (Fsp3) is 0.231. The van der Waals surface area contributed by atoms with Crippen LogP contribution in [0.2, 0.25) is 0 Å². The molecule has 1 aromatic heterocycles. The van der Waals surface area contributed by atoms with E-state index in [2.05, 4.69) is 14.7 Å². The monoisotopic (exact) mass is 297 g/mol. The first-order valence-corrected chi connectivity index (χ1v) is 6.79. The lowest BCUT2D eigenvalue weighted by atomic mass is 10.2. The van der Waals surface area contributed by atoms with Crippen LogP contribution in [0.1, 0.15) is 11.3 Å². The van der Waals surface area contributed by atoms with Crippen LogP contribution in [0.4, 0.5) is 14.6 Å². The lowest BCUT2D eigenvalue weighted by Crippen LogP contribution is -2.01. The highest BCUT2D eigenvalue weighted by Gasteiger charge is 2.05. The number of aryl methyl sites for hydroxylation is 1. The largest absolute Gasteiger partial charge is 0.435 e. The molecule has 0 spiro atoms. The predicted octanol–water partition coefficient (Wildman–Crippen LogP) is 3.26. The lowest BCUT2D eigenvalue weighted by molar-refractivity contribution is -0.0498. The summed E-state index contributed by atoms with van der Waals surface area (Å²) in [5.74, 6) is 1.20. The topological polar surface area (TPSA) is 61.0 Å². The maximum absolute atomic E-state index is 12.0. The van der Waals surface area contributed by atoms with E-state index in [9.17, 15) is 8.78 Å². The molecule has 0 amide bonds. The average Bonchev–Trinajstić information content (AvgIpc) is 2.36. The first-order chi connectivity index (χ1) is 9.52. The molecule has 0 bridgehead atoms. The Bertz CT molecular complexity index is 558. The van der Waals surface area contributed by atoms with Gasteiger partial charge in [0, 0.05) is 17.5 Å². The molecular formula is C13H13F2N3OS. The molecule has 0 unspecified atom stereocenters. The number of aromatic nitrogens is 2. The summed E-state index contributed by atoms with van der Waals surface area (Å²) in [6, 6.07) is 8.16. The highest BCUT2D eigenvalue weighted by atomic mass is 32.2. The molecule has 20 heavy (non-hydrogen) atoms. The maximum atomic E-state index is 12.0. The molecule has 0 fully saturated rings. The fourth-order valence-electron chi connectivity index (χ4n) is 1.54. The summed E-state index contributed by atoms with van der Waals surface area (Å²) in [6.07, 6.45) is 0. The number of nitrogen functional groups attached to an aromatic ring is 1. The van der Waals surface area contributed by atoms with E-state index in [1.54, 1.807) is 18.2 Å².